The molecule has 0 amide bonds. The van der Waals surface area contributed by atoms with Gasteiger partial charge in [-0.15, -0.1) is 0 Å². The lowest BCUT2D eigenvalue weighted by molar-refractivity contribution is 0.546. The van der Waals surface area contributed by atoms with Crippen LogP contribution in [0.25, 0.3) is 0 Å². The molecule has 0 fully saturated rings. The maximum absolute atomic E-state index is 4.64. The molecule has 0 bridgehead atoms. The third kappa shape index (κ3) is 6.78. The Bertz CT molecular complexity index is 410. The molecule has 2 N–H and O–H groups in total. The minimum absolute atomic E-state index is 0.0383. The SMILES string of the molecule is CCCCCCCCNc1cc(NC)nc(C(C)(C)C)n1. The number of anilines is 2. The van der Waals surface area contributed by atoms with Gasteiger partial charge in [0.2, 0.25) is 0 Å². The van der Waals surface area contributed by atoms with Crippen molar-refractivity contribution in [2.24, 2.45) is 0 Å². The van der Waals surface area contributed by atoms with Crippen molar-refractivity contribution in [3.8, 4) is 0 Å². The Morgan fingerprint density at radius 2 is 1.57 bits per heavy atom. The van der Waals surface area contributed by atoms with Gasteiger partial charge in [-0.3, -0.25) is 0 Å². The highest BCUT2D eigenvalue weighted by atomic mass is 15.1. The number of hydrogen-bond acceptors (Lipinski definition) is 4. The van der Waals surface area contributed by atoms with E-state index in [1.165, 1.54) is 38.5 Å². The second-order valence-corrected chi connectivity index (χ2v) is 6.66. The van der Waals surface area contributed by atoms with Crippen LogP contribution >= 0.6 is 0 Å². The van der Waals surface area contributed by atoms with Gasteiger partial charge < -0.3 is 10.6 Å². The van der Waals surface area contributed by atoms with Crippen LogP contribution in [0, 0.1) is 0 Å². The second kappa shape index (κ2) is 8.85. The van der Waals surface area contributed by atoms with E-state index in [0.717, 1.165) is 24.0 Å². The van der Waals surface area contributed by atoms with Gasteiger partial charge in [0.1, 0.15) is 17.5 Å². The fraction of sp³-hybridized carbons (Fsp3) is 0.765. The Kier molecular flexibility index (Phi) is 7.48. The topological polar surface area (TPSA) is 49.8 Å². The minimum Gasteiger partial charge on any atom is -0.373 e. The van der Waals surface area contributed by atoms with E-state index in [-0.39, 0.29) is 5.41 Å². The monoisotopic (exact) mass is 292 g/mol. The lowest BCUT2D eigenvalue weighted by atomic mass is 9.96. The average Bonchev–Trinajstić information content (AvgIpc) is 2.45. The standard InChI is InChI=1S/C17H32N4/c1-6-7-8-9-10-11-12-19-15-13-14(18-5)20-16(21-15)17(2,3)4/h13H,6-12H2,1-5H3,(H2,18,19,20,21). The van der Waals surface area contributed by atoms with Crippen molar-refractivity contribution in [3.05, 3.63) is 11.9 Å². The van der Waals surface area contributed by atoms with E-state index in [0.29, 0.717) is 0 Å². The molecule has 1 heterocycles. The van der Waals surface area contributed by atoms with Crippen LogP contribution in [-0.2, 0) is 5.41 Å². The maximum atomic E-state index is 4.64. The van der Waals surface area contributed by atoms with E-state index in [4.69, 9.17) is 0 Å². The van der Waals surface area contributed by atoms with Crippen molar-refractivity contribution in [2.75, 3.05) is 24.2 Å². The molecule has 0 saturated carbocycles. The molecule has 0 radical (unpaired) electrons. The third-order valence-electron chi connectivity index (χ3n) is 3.49. The van der Waals surface area contributed by atoms with Gasteiger partial charge >= 0.3 is 0 Å². The number of nitrogens with zero attached hydrogens (tertiary/aromatic N) is 2. The molecule has 0 aromatic carbocycles. The summed E-state index contributed by atoms with van der Waals surface area (Å²) in [5.74, 6) is 2.67. The normalized spacial score (nSPS) is 11.5. The molecule has 0 aliphatic heterocycles. The molecule has 1 aromatic heterocycles. The van der Waals surface area contributed by atoms with Crippen LogP contribution in [-0.4, -0.2) is 23.6 Å². The summed E-state index contributed by atoms with van der Waals surface area (Å²) in [4.78, 5) is 9.18. The Morgan fingerprint density at radius 1 is 0.952 bits per heavy atom. The van der Waals surface area contributed by atoms with Crippen LogP contribution in [0.2, 0.25) is 0 Å². The largest absolute Gasteiger partial charge is 0.373 e. The van der Waals surface area contributed by atoms with Gasteiger partial charge in [0.25, 0.3) is 0 Å². The zero-order chi connectivity index (χ0) is 15.7. The zero-order valence-electron chi connectivity index (χ0n) is 14.4. The summed E-state index contributed by atoms with van der Waals surface area (Å²) in [6, 6.07) is 1.98. The van der Waals surface area contributed by atoms with Gasteiger partial charge in [0, 0.05) is 25.1 Å². The third-order valence-corrected chi connectivity index (χ3v) is 3.49. The van der Waals surface area contributed by atoms with Crippen LogP contribution in [0.15, 0.2) is 6.07 Å². The van der Waals surface area contributed by atoms with Crippen molar-refractivity contribution in [1.29, 1.82) is 0 Å². The van der Waals surface area contributed by atoms with Crippen molar-refractivity contribution >= 4 is 11.6 Å². The molecular weight excluding hydrogens is 260 g/mol. The smallest absolute Gasteiger partial charge is 0.138 e. The first-order chi connectivity index (χ1) is 9.97. The van der Waals surface area contributed by atoms with Crippen LogP contribution < -0.4 is 10.6 Å². The van der Waals surface area contributed by atoms with E-state index >= 15 is 0 Å². The fourth-order valence-electron chi connectivity index (χ4n) is 2.12. The summed E-state index contributed by atoms with van der Waals surface area (Å²) >= 11 is 0. The maximum Gasteiger partial charge on any atom is 0.138 e. The summed E-state index contributed by atoms with van der Waals surface area (Å²) < 4.78 is 0. The Labute approximate surface area is 130 Å². The Morgan fingerprint density at radius 3 is 2.19 bits per heavy atom. The van der Waals surface area contributed by atoms with Gasteiger partial charge in [-0.2, -0.15) is 0 Å². The van der Waals surface area contributed by atoms with E-state index in [9.17, 15) is 0 Å². The van der Waals surface area contributed by atoms with Crippen LogP contribution in [0.4, 0.5) is 11.6 Å². The highest BCUT2D eigenvalue weighted by Crippen LogP contribution is 2.22. The quantitative estimate of drug-likeness (QED) is 0.654. The number of aromatic nitrogens is 2. The predicted molar refractivity (Wildman–Crippen MR) is 92.1 cm³/mol. The van der Waals surface area contributed by atoms with E-state index in [1.54, 1.807) is 0 Å². The van der Waals surface area contributed by atoms with Gasteiger partial charge in [0.05, 0.1) is 0 Å². The van der Waals surface area contributed by atoms with E-state index in [2.05, 4.69) is 48.3 Å². The lowest BCUT2D eigenvalue weighted by Crippen LogP contribution is -2.18. The number of rotatable bonds is 9. The summed E-state index contributed by atoms with van der Waals surface area (Å²) in [6.45, 7) is 9.65. The second-order valence-electron chi connectivity index (χ2n) is 6.66. The molecule has 0 saturated heterocycles. The summed E-state index contributed by atoms with van der Waals surface area (Å²) in [6.07, 6.45) is 7.87. The number of nitrogens with one attached hydrogen (secondary N) is 2. The van der Waals surface area contributed by atoms with Crippen molar-refractivity contribution in [3.63, 3.8) is 0 Å². The van der Waals surface area contributed by atoms with Crippen molar-refractivity contribution in [1.82, 2.24) is 9.97 Å². The summed E-state index contributed by atoms with van der Waals surface area (Å²) in [5, 5.41) is 6.55. The molecule has 0 unspecified atom stereocenters. The lowest BCUT2D eigenvalue weighted by Gasteiger charge is -2.18. The molecule has 4 nitrogen and oxygen atoms in total. The summed E-state index contributed by atoms with van der Waals surface area (Å²) in [7, 11) is 1.90. The average molecular weight is 292 g/mol. The molecule has 0 aliphatic rings. The molecule has 0 atom stereocenters. The van der Waals surface area contributed by atoms with Crippen LogP contribution in [0.5, 0.6) is 0 Å². The molecular formula is C17H32N4. The van der Waals surface area contributed by atoms with Gasteiger partial charge in [-0.1, -0.05) is 59.8 Å². The first-order valence-electron chi connectivity index (χ1n) is 8.28. The number of unbranched alkanes of at least 4 members (excludes halogenated alkanes) is 5. The summed E-state index contributed by atoms with van der Waals surface area (Å²) in [5.41, 5.74) is -0.0383. The Balaban J connectivity index is 2.47. The van der Waals surface area contributed by atoms with Crippen LogP contribution in [0.3, 0.4) is 0 Å². The van der Waals surface area contributed by atoms with Crippen molar-refractivity contribution < 1.29 is 0 Å². The highest BCUT2D eigenvalue weighted by molar-refractivity contribution is 5.47. The van der Waals surface area contributed by atoms with E-state index in [1.807, 2.05) is 13.1 Å². The van der Waals surface area contributed by atoms with Gasteiger partial charge in [-0.25, -0.2) is 9.97 Å². The molecule has 120 valence electrons. The zero-order valence-corrected chi connectivity index (χ0v) is 14.4. The fourth-order valence-corrected chi connectivity index (χ4v) is 2.12. The molecule has 21 heavy (non-hydrogen) atoms. The minimum atomic E-state index is -0.0383. The van der Waals surface area contributed by atoms with Crippen molar-refractivity contribution in [2.45, 2.75) is 71.6 Å². The first kappa shape index (κ1) is 17.7. The van der Waals surface area contributed by atoms with Gasteiger partial charge in [0.15, 0.2) is 0 Å². The Hall–Kier alpha value is -1.32. The molecule has 0 aliphatic carbocycles. The highest BCUT2D eigenvalue weighted by Gasteiger charge is 2.18. The molecule has 4 heteroatoms. The molecule has 1 rings (SSSR count). The van der Waals surface area contributed by atoms with E-state index < -0.39 is 0 Å². The first-order valence-corrected chi connectivity index (χ1v) is 8.28. The predicted octanol–water partition coefficient (Wildman–Crippen LogP) is 4.59. The number of hydrogen-bond donors (Lipinski definition) is 2. The molecule has 1 aromatic rings. The van der Waals surface area contributed by atoms with Gasteiger partial charge in [-0.05, 0) is 6.42 Å². The van der Waals surface area contributed by atoms with Crippen LogP contribution in [0.1, 0.15) is 72.0 Å². The molecule has 0 spiro atoms.